The molecule has 1 aromatic carbocycles. The minimum atomic E-state index is -0.590. The van der Waals surface area contributed by atoms with Crippen LogP contribution in [0.25, 0.3) is 10.9 Å². The van der Waals surface area contributed by atoms with Gasteiger partial charge in [-0.25, -0.2) is 4.39 Å². The Bertz CT molecular complexity index is 1110. The van der Waals surface area contributed by atoms with Crippen LogP contribution in [0.2, 0.25) is 0 Å². The molecule has 1 saturated heterocycles. The van der Waals surface area contributed by atoms with Crippen molar-refractivity contribution in [2.24, 2.45) is 7.05 Å². The van der Waals surface area contributed by atoms with E-state index in [1.165, 1.54) is 12.1 Å². The molecule has 0 saturated carbocycles. The summed E-state index contributed by atoms with van der Waals surface area (Å²) in [6.07, 6.45) is 4.80. The highest BCUT2D eigenvalue weighted by atomic mass is 19.1. The number of carbonyl (C=O) groups is 1. The lowest BCUT2D eigenvalue weighted by molar-refractivity contribution is 0.0736. The van der Waals surface area contributed by atoms with Gasteiger partial charge in [-0.3, -0.25) is 9.89 Å². The highest BCUT2D eigenvalue weighted by Gasteiger charge is 2.29. The number of hydrogen-bond donors (Lipinski definition) is 2. The minimum Gasteiger partial charge on any atom is -0.387 e. The number of hydrogen-bond acceptors (Lipinski definition) is 4. The van der Waals surface area contributed by atoms with Crippen molar-refractivity contribution in [3.05, 3.63) is 53.2 Å². The van der Waals surface area contributed by atoms with E-state index in [9.17, 15) is 14.3 Å². The third-order valence-corrected chi connectivity index (χ3v) is 7.06. The summed E-state index contributed by atoms with van der Waals surface area (Å²) in [6, 6.07) is 6.64. The molecule has 1 unspecified atom stereocenters. The monoisotopic (exact) mass is 439 g/mol. The quantitative estimate of drug-likeness (QED) is 0.640. The first kappa shape index (κ1) is 21.2. The Morgan fingerprint density at radius 3 is 2.78 bits per heavy atom. The lowest BCUT2D eigenvalue weighted by Crippen LogP contribution is -2.37. The van der Waals surface area contributed by atoms with Crippen LogP contribution < -0.4 is 0 Å². The Balaban J connectivity index is 1.13. The van der Waals surface area contributed by atoms with E-state index in [0.29, 0.717) is 31.0 Å². The molecule has 2 N–H and O–H groups in total. The summed E-state index contributed by atoms with van der Waals surface area (Å²) >= 11 is 0. The average Bonchev–Trinajstić information content (AvgIpc) is 3.36. The van der Waals surface area contributed by atoms with Crippen LogP contribution in [-0.2, 0) is 7.05 Å². The van der Waals surface area contributed by atoms with Crippen molar-refractivity contribution in [2.75, 3.05) is 32.7 Å². The maximum absolute atomic E-state index is 13.4. The van der Waals surface area contributed by atoms with Gasteiger partial charge in [-0.15, -0.1) is 0 Å². The number of fused-ring (bicyclic) bond motifs is 2. The fourth-order valence-electron chi connectivity index (χ4n) is 5.28. The summed E-state index contributed by atoms with van der Waals surface area (Å²) in [7, 11) is 1.87. The van der Waals surface area contributed by atoms with Gasteiger partial charge in [0.05, 0.1) is 28.6 Å². The summed E-state index contributed by atoms with van der Waals surface area (Å²) in [5, 5.41) is 18.9. The first-order chi connectivity index (χ1) is 15.5. The largest absolute Gasteiger partial charge is 0.387 e. The van der Waals surface area contributed by atoms with Gasteiger partial charge in [0.25, 0.3) is 5.91 Å². The number of likely N-dealkylation sites (tertiary alicyclic amines) is 1. The predicted molar refractivity (Wildman–Crippen MR) is 120 cm³/mol. The Kier molecular flexibility index (Phi) is 5.73. The number of aliphatic hydroxyl groups is 1. The molecular formula is C24H30FN5O2. The van der Waals surface area contributed by atoms with E-state index in [4.69, 9.17) is 0 Å². The second-order valence-electron chi connectivity index (χ2n) is 9.09. The van der Waals surface area contributed by atoms with Gasteiger partial charge in [0.15, 0.2) is 0 Å². The van der Waals surface area contributed by atoms with Gasteiger partial charge in [-0.1, -0.05) is 0 Å². The predicted octanol–water partition coefficient (Wildman–Crippen LogP) is 3.19. The molecule has 0 spiro atoms. The van der Waals surface area contributed by atoms with E-state index in [1.54, 1.807) is 0 Å². The first-order valence-electron chi connectivity index (χ1n) is 11.5. The number of carbonyl (C=O) groups excluding carboxylic acids is 1. The van der Waals surface area contributed by atoms with Crippen LogP contribution in [-0.4, -0.2) is 68.3 Å². The van der Waals surface area contributed by atoms with Crippen LogP contribution in [0.15, 0.2) is 30.5 Å². The van der Waals surface area contributed by atoms with Crippen LogP contribution >= 0.6 is 0 Å². The number of aromatic nitrogens is 3. The molecule has 32 heavy (non-hydrogen) atoms. The molecule has 4 heterocycles. The van der Waals surface area contributed by atoms with Crippen molar-refractivity contribution in [3.63, 3.8) is 0 Å². The number of aliphatic hydroxyl groups excluding tert-OH is 1. The average molecular weight is 440 g/mol. The molecule has 2 aliphatic heterocycles. The van der Waals surface area contributed by atoms with E-state index >= 15 is 0 Å². The van der Waals surface area contributed by atoms with E-state index < -0.39 is 6.10 Å². The number of nitrogens with zero attached hydrogens (tertiary/aromatic N) is 4. The van der Waals surface area contributed by atoms with Gasteiger partial charge in [-0.05, 0) is 69.6 Å². The Morgan fingerprint density at radius 2 is 1.97 bits per heavy atom. The number of H-pyrrole nitrogens is 1. The number of halogens is 1. The third-order valence-electron chi connectivity index (χ3n) is 7.06. The smallest absolute Gasteiger partial charge is 0.255 e. The second-order valence-corrected chi connectivity index (χ2v) is 9.09. The summed E-state index contributed by atoms with van der Waals surface area (Å²) in [5.74, 6) is 0.164. The van der Waals surface area contributed by atoms with Gasteiger partial charge in [0.1, 0.15) is 5.82 Å². The van der Waals surface area contributed by atoms with Crippen molar-refractivity contribution in [1.29, 1.82) is 0 Å². The molecular weight excluding hydrogens is 409 g/mol. The molecule has 1 amide bonds. The topological polar surface area (TPSA) is 77.4 Å². The summed E-state index contributed by atoms with van der Waals surface area (Å²) in [4.78, 5) is 17.3. The normalized spacial score (nSPS) is 20.7. The highest BCUT2D eigenvalue weighted by molar-refractivity contribution is 5.96. The number of benzene rings is 1. The van der Waals surface area contributed by atoms with Crippen molar-refractivity contribution in [1.82, 2.24) is 24.6 Å². The van der Waals surface area contributed by atoms with Gasteiger partial charge in [0.2, 0.25) is 0 Å². The van der Waals surface area contributed by atoms with Crippen LogP contribution in [0.4, 0.5) is 4.39 Å². The Hall–Kier alpha value is -2.71. The first-order valence-corrected chi connectivity index (χ1v) is 11.5. The second kappa shape index (κ2) is 8.67. The lowest BCUT2D eigenvalue weighted by Gasteiger charge is -2.32. The zero-order valence-corrected chi connectivity index (χ0v) is 18.4. The SMILES string of the molecule is Cn1ccc2c1C(O)CCN(CCCN1CCC(c3n[nH]c4cc(F)ccc34)CC1)C2=O. The molecule has 0 radical (unpaired) electrons. The molecule has 1 fully saturated rings. The molecule has 5 rings (SSSR count). The minimum absolute atomic E-state index is 0.0257. The zero-order valence-electron chi connectivity index (χ0n) is 18.4. The molecule has 2 aromatic heterocycles. The van der Waals surface area contributed by atoms with E-state index in [-0.39, 0.29) is 11.7 Å². The summed E-state index contributed by atoms with van der Waals surface area (Å²) in [5.41, 5.74) is 3.17. The summed E-state index contributed by atoms with van der Waals surface area (Å²) < 4.78 is 15.3. The molecule has 170 valence electrons. The van der Waals surface area contributed by atoms with Gasteiger partial charge in [-0.2, -0.15) is 5.10 Å². The molecule has 2 aliphatic rings. The maximum atomic E-state index is 13.4. The maximum Gasteiger partial charge on any atom is 0.255 e. The van der Waals surface area contributed by atoms with E-state index in [1.807, 2.05) is 34.8 Å². The Morgan fingerprint density at radius 1 is 1.16 bits per heavy atom. The molecule has 0 aliphatic carbocycles. The molecule has 7 nitrogen and oxygen atoms in total. The van der Waals surface area contributed by atoms with Crippen LogP contribution in [0, 0.1) is 5.82 Å². The van der Waals surface area contributed by atoms with Crippen molar-refractivity contribution < 1.29 is 14.3 Å². The number of aryl methyl sites for hydroxylation is 1. The lowest BCUT2D eigenvalue weighted by atomic mass is 9.91. The van der Waals surface area contributed by atoms with Crippen LogP contribution in [0.5, 0.6) is 0 Å². The number of rotatable bonds is 5. The van der Waals surface area contributed by atoms with Crippen molar-refractivity contribution in [2.45, 2.75) is 37.7 Å². The number of nitrogens with one attached hydrogen (secondary N) is 1. The van der Waals surface area contributed by atoms with Crippen molar-refractivity contribution in [3.8, 4) is 0 Å². The Labute approximate surface area is 186 Å². The van der Waals surface area contributed by atoms with E-state index in [0.717, 1.165) is 61.2 Å². The number of amides is 1. The fraction of sp³-hybridized carbons (Fsp3) is 0.500. The molecule has 8 heteroatoms. The highest BCUT2D eigenvalue weighted by Crippen LogP contribution is 2.32. The van der Waals surface area contributed by atoms with Crippen LogP contribution in [0.3, 0.4) is 0 Å². The van der Waals surface area contributed by atoms with Gasteiger partial charge in [0, 0.05) is 37.6 Å². The number of aromatic amines is 1. The molecule has 0 bridgehead atoms. The molecule has 1 atom stereocenters. The van der Waals surface area contributed by atoms with E-state index in [2.05, 4.69) is 15.1 Å². The fourth-order valence-corrected chi connectivity index (χ4v) is 5.28. The van der Waals surface area contributed by atoms with Gasteiger partial charge < -0.3 is 19.5 Å². The van der Waals surface area contributed by atoms with Gasteiger partial charge >= 0.3 is 0 Å². The standard InChI is InChI=1S/C24H30FN5O2/c1-28-11-7-19-23(28)21(31)8-14-30(24(19)32)10-2-9-29-12-5-16(6-13-29)22-18-4-3-17(25)15-20(18)26-27-22/h3-4,7,11,15-16,21,31H,2,5-6,8-10,12-14H2,1H3,(H,26,27). The molecule has 3 aromatic rings. The third kappa shape index (κ3) is 3.93. The van der Waals surface area contributed by atoms with Crippen LogP contribution in [0.1, 0.15) is 59.5 Å². The zero-order chi connectivity index (χ0) is 22.2. The number of piperidine rings is 1. The van der Waals surface area contributed by atoms with Crippen molar-refractivity contribution >= 4 is 16.8 Å². The summed E-state index contributed by atoms with van der Waals surface area (Å²) in [6.45, 7) is 4.23.